The van der Waals surface area contributed by atoms with Crippen molar-refractivity contribution in [2.45, 2.75) is 29.4 Å². The Labute approximate surface area is 201 Å². The first-order valence-corrected chi connectivity index (χ1v) is 12.3. The summed E-state index contributed by atoms with van der Waals surface area (Å²) < 4.78 is 4.51. The van der Waals surface area contributed by atoms with Crippen molar-refractivity contribution in [3.63, 3.8) is 0 Å². The van der Waals surface area contributed by atoms with Crippen LogP contribution in [0.2, 0.25) is 5.02 Å². The van der Waals surface area contributed by atoms with Gasteiger partial charge in [0.05, 0.1) is 40.5 Å². The molecule has 2 saturated heterocycles. The number of halogens is 1. The van der Waals surface area contributed by atoms with Crippen molar-refractivity contribution in [1.82, 2.24) is 4.90 Å². The Morgan fingerprint density at radius 2 is 2.06 bits per heavy atom. The van der Waals surface area contributed by atoms with Crippen LogP contribution in [0.5, 0.6) is 0 Å². The quantitative estimate of drug-likeness (QED) is 0.519. The first-order chi connectivity index (χ1) is 15.9. The highest BCUT2D eigenvalue weighted by Gasteiger charge is 2.71. The van der Waals surface area contributed by atoms with Gasteiger partial charge in [-0.05, 0) is 25.0 Å². The highest BCUT2D eigenvalue weighted by atomic mass is 35.5. The Hall–Kier alpha value is -2.29. The van der Waals surface area contributed by atoms with Gasteiger partial charge in [0.1, 0.15) is 6.04 Å². The van der Waals surface area contributed by atoms with Crippen LogP contribution in [0.3, 0.4) is 0 Å². The minimum atomic E-state index is -0.934. The van der Waals surface area contributed by atoms with Crippen molar-refractivity contribution >= 4 is 46.8 Å². The average molecular weight is 489 g/mol. The third kappa shape index (κ3) is 3.33. The Bertz CT molecular complexity index is 1050. The van der Waals surface area contributed by atoms with E-state index in [1.54, 1.807) is 11.0 Å². The first kappa shape index (κ1) is 22.5. The predicted octanol–water partition coefficient (Wildman–Crippen LogP) is 2.34. The van der Waals surface area contributed by atoms with Gasteiger partial charge >= 0.3 is 5.97 Å². The number of benzene rings is 1. The number of rotatable bonds is 3. The molecule has 0 saturated carbocycles. The zero-order valence-corrected chi connectivity index (χ0v) is 19.7. The molecule has 1 spiro atoms. The monoisotopic (exact) mass is 488 g/mol. The standard InChI is InChI=1S/C24H25ClN2O5S/c1-14-6-4-7-15(25)19(14)26-10-5-9-24-18(21(29)27(11-12-28)20(24)22(26)30)17-16(33-24)8-2-3-13-32-23(17)31/h2,4-9,16-18,20,28H,3,10-13H2,1H3/t16-,17+,18+,20?,24+/m1/s1. The number of aryl methyl sites for hydroxylation is 1. The molecule has 1 N–H and O–H groups in total. The van der Waals surface area contributed by atoms with Gasteiger partial charge in [0.15, 0.2) is 0 Å². The topological polar surface area (TPSA) is 87.2 Å². The Morgan fingerprint density at radius 1 is 1.24 bits per heavy atom. The molecule has 5 atom stereocenters. The lowest BCUT2D eigenvalue weighted by Crippen LogP contribution is -2.54. The molecule has 2 amide bonds. The molecule has 174 valence electrons. The lowest BCUT2D eigenvalue weighted by atomic mass is 9.78. The number of fused-ring (bicyclic) bond motifs is 2. The van der Waals surface area contributed by atoms with Gasteiger partial charge < -0.3 is 19.6 Å². The van der Waals surface area contributed by atoms with Gasteiger partial charge in [-0.3, -0.25) is 14.4 Å². The summed E-state index contributed by atoms with van der Waals surface area (Å²) in [6, 6.07) is 4.59. The summed E-state index contributed by atoms with van der Waals surface area (Å²) in [7, 11) is 0. The summed E-state index contributed by atoms with van der Waals surface area (Å²) in [5.41, 5.74) is 1.46. The normalized spacial score (nSPS) is 33.2. The van der Waals surface area contributed by atoms with Gasteiger partial charge in [0.25, 0.3) is 5.91 Å². The van der Waals surface area contributed by atoms with Crippen LogP contribution in [-0.2, 0) is 19.1 Å². The van der Waals surface area contributed by atoms with E-state index in [4.69, 9.17) is 16.3 Å². The van der Waals surface area contributed by atoms with E-state index in [0.29, 0.717) is 23.7 Å². The molecule has 0 aliphatic carbocycles. The largest absolute Gasteiger partial charge is 0.465 e. The number of aliphatic hydroxyl groups excluding tert-OH is 1. The second-order valence-electron chi connectivity index (χ2n) is 8.74. The molecule has 5 rings (SSSR count). The van der Waals surface area contributed by atoms with Gasteiger partial charge in [0.2, 0.25) is 5.91 Å². The number of ether oxygens (including phenoxy) is 1. The number of likely N-dealkylation sites (tertiary alicyclic amines) is 1. The fourth-order valence-electron chi connectivity index (χ4n) is 5.62. The maximum Gasteiger partial charge on any atom is 0.311 e. The van der Waals surface area contributed by atoms with Crippen LogP contribution in [0, 0.1) is 18.8 Å². The third-order valence-electron chi connectivity index (χ3n) is 6.92. The van der Waals surface area contributed by atoms with Crippen LogP contribution in [0.1, 0.15) is 12.0 Å². The molecule has 4 heterocycles. The molecule has 1 aromatic carbocycles. The minimum absolute atomic E-state index is 0.0134. The van der Waals surface area contributed by atoms with E-state index in [9.17, 15) is 19.5 Å². The average Bonchev–Trinajstić information content (AvgIpc) is 3.14. The fraction of sp³-hybridized carbons (Fsp3) is 0.458. The predicted molar refractivity (Wildman–Crippen MR) is 126 cm³/mol. The molecule has 4 aliphatic heterocycles. The molecule has 1 aromatic rings. The summed E-state index contributed by atoms with van der Waals surface area (Å²) >= 11 is 7.98. The van der Waals surface area contributed by atoms with Crippen molar-refractivity contribution in [3.8, 4) is 0 Å². The minimum Gasteiger partial charge on any atom is -0.465 e. The van der Waals surface area contributed by atoms with E-state index >= 15 is 0 Å². The van der Waals surface area contributed by atoms with E-state index in [-0.39, 0.29) is 36.8 Å². The number of β-amino-alcohol motifs (C(OH)–C–C–N with tert-alkyl or cyclic N) is 1. The second kappa shape index (κ2) is 8.49. The van der Waals surface area contributed by atoms with Crippen LogP contribution in [0.15, 0.2) is 42.5 Å². The SMILES string of the molecule is Cc1cccc(Cl)c1N1CC=C[C@]23S[C@@H]4C=CCCOC(=O)[C@@H]4[C@H]2C(=O)N(CCO)C3C1=O. The number of nitrogens with zero attached hydrogens (tertiary/aromatic N) is 2. The molecule has 4 aliphatic rings. The molecule has 0 bridgehead atoms. The number of esters is 1. The van der Waals surface area contributed by atoms with Gasteiger partial charge in [-0.1, -0.05) is 48.0 Å². The van der Waals surface area contributed by atoms with Crippen LogP contribution in [-0.4, -0.2) is 70.1 Å². The molecule has 9 heteroatoms. The molecular weight excluding hydrogens is 464 g/mol. The first-order valence-electron chi connectivity index (χ1n) is 11.1. The van der Waals surface area contributed by atoms with E-state index in [1.165, 1.54) is 16.7 Å². The summed E-state index contributed by atoms with van der Waals surface area (Å²) in [6.45, 7) is 2.19. The fourth-order valence-corrected chi connectivity index (χ4v) is 7.95. The molecule has 1 unspecified atom stereocenters. The van der Waals surface area contributed by atoms with E-state index < -0.39 is 28.6 Å². The van der Waals surface area contributed by atoms with Crippen LogP contribution in [0.25, 0.3) is 0 Å². The number of carbonyl (C=O) groups excluding carboxylic acids is 3. The van der Waals surface area contributed by atoms with Crippen molar-refractivity contribution in [2.24, 2.45) is 11.8 Å². The van der Waals surface area contributed by atoms with E-state index in [2.05, 4.69) is 0 Å². The number of carbonyl (C=O) groups is 3. The summed E-state index contributed by atoms with van der Waals surface area (Å²) in [5.74, 6) is -2.39. The van der Waals surface area contributed by atoms with Crippen molar-refractivity contribution in [1.29, 1.82) is 0 Å². The maximum atomic E-state index is 14.1. The zero-order chi connectivity index (χ0) is 23.3. The van der Waals surface area contributed by atoms with Crippen LogP contribution < -0.4 is 4.90 Å². The lowest BCUT2D eigenvalue weighted by molar-refractivity contribution is -0.153. The molecule has 33 heavy (non-hydrogen) atoms. The number of hydrogen-bond acceptors (Lipinski definition) is 6. The van der Waals surface area contributed by atoms with Gasteiger partial charge in [-0.15, -0.1) is 11.8 Å². The maximum absolute atomic E-state index is 14.1. The molecule has 0 radical (unpaired) electrons. The number of anilines is 1. The Kier molecular flexibility index (Phi) is 5.79. The van der Waals surface area contributed by atoms with Gasteiger partial charge in [-0.25, -0.2) is 0 Å². The lowest BCUT2D eigenvalue weighted by Gasteiger charge is -2.35. The van der Waals surface area contributed by atoms with Gasteiger partial charge in [-0.2, -0.15) is 0 Å². The van der Waals surface area contributed by atoms with Crippen molar-refractivity contribution < 1.29 is 24.2 Å². The highest BCUT2D eigenvalue weighted by Crippen LogP contribution is 2.61. The number of cyclic esters (lactones) is 1. The van der Waals surface area contributed by atoms with Crippen LogP contribution >= 0.6 is 23.4 Å². The number of aliphatic hydroxyl groups is 1. The summed E-state index contributed by atoms with van der Waals surface area (Å²) in [6.07, 6.45) is 8.39. The Morgan fingerprint density at radius 3 is 2.82 bits per heavy atom. The molecule has 7 nitrogen and oxygen atoms in total. The highest BCUT2D eigenvalue weighted by molar-refractivity contribution is 8.02. The molecular formula is C24H25ClN2O5S. The third-order valence-corrected chi connectivity index (χ3v) is 8.97. The van der Waals surface area contributed by atoms with E-state index in [1.807, 2.05) is 43.4 Å². The molecule has 0 aromatic heterocycles. The summed E-state index contributed by atoms with van der Waals surface area (Å²) in [5, 5.41) is 9.91. The smallest absolute Gasteiger partial charge is 0.311 e. The van der Waals surface area contributed by atoms with Crippen molar-refractivity contribution in [2.75, 3.05) is 31.2 Å². The summed E-state index contributed by atoms with van der Waals surface area (Å²) in [4.78, 5) is 43.9. The van der Waals surface area contributed by atoms with E-state index in [0.717, 1.165) is 5.56 Å². The number of amides is 2. The zero-order valence-electron chi connectivity index (χ0n) is 18.1. The van der Waals surface area contributed by atoms with Gasteiger partial charge in [0, 0.05) is 18.3 Å². The van der Waals surface area contributed by atoms with Crippen LogP contribution in [0.4, 0.5) is 5.69 Å². The number of thioether (sulfide) groups is 1. The number of hydrogen-bond donors (Lipinski definition) is 1. The molecule has 2 fully saturated rings. The second-order valence-corrected chi connectivity index (χ2v) is 10.6. The van der Waals surface area contributed by atoms with Crippen molar-refractivity contribution in [3.05, 3.63) is 53.1 Å². The number of para-hydroxylation sites is 1. The Balaban J connectivity index is 1.64.